The molecule has 0 atom stereocenters. The van der Waals surface area contributed by atoms with Crippen LogP contribution >= 0.6 is 12.2 Å². The van der Waals surface area contributed by atoms with Gasteiger partial charge in [0.15, 0.2) is 16.3 Å². The molecule has 1 saturated heterocycles. The van der Waals surface area contributed by atoms with Crippen LogP contribution < -0.4 is 20.6 Å². The van der Waals surface area contributed by atoms with Crippen LogP contribution in [0.5, 0.6) is 5.75 Å². The first-order valence-electron chi connectivity index (χ1n) is 6.73. The quantitative estimate of drug-likeness (QED) is 0.566. The number of benzene rings is 1. The Hall–Kier alpha value is -2.87. The molecular formula is C15H10N2O5S. The topological polar surface area (TPSA) is 84.9 Å². The molecular weight excluding hydrogens is 320 g/mol. The number of hydrogen-bond donors (Lipinski definition) is 1. The van der Waals surface area contributed by atoms with Gasteiger partial charge in [0, 0.05) is 16.8 Å². The third kappa shape index (κ3) is 1.85. The Kier molecular flexibility index (Phi) is 2.88. The molecule has 1 aromatic carbocycles. The first-order valence-corrected chi connectivity index (χ1v) is 7.14. The molecule has 1 N–H and O–H groups in total. The van der Waals surface area contributed by atoms with Gasteiger partial charge in [-0.2, -0.15) is 0 Å². The molecule has 4 rings (SSSR count). The normalized spacial score (nSPS) is 14.7. The van der Waals surface area contributed by atoms with Crippen molar-refractivity contribution in [3.8, 4) is 5.75 Å². The molecule has 23 heavy (non-hydrogen) atoms. The van der Waals surface area contributed by atoms with Crippen molar-refractivity contribution in [1.82, 2.24) is 5.32 Å². The van der Waals surface area contributed by atoms with Crippen LogP contribution in [-0.2, 0) is 4.79 Å². The molecule has 1 aliphatic heterocycles. The van der Waals surface area contributed by atoms with Crippen LogP contribution in [0.4, 0.5) is 5.69 Å². The van der Waals surface area contributed by atoms with Crippen molar-refractivity contribution in [2.45, 2.75) is 0 Å². The molecule has 1 fully saturated rings. The minimum absolute atomic E-state index is 0.114. The van der Waals surface area contributed by atoms with Gasteiger partial charge in [-0.25, -0.2) is 4.79 Å². The molecule has 7 nitrogen and oxygen atoms in total. The van der Waals surface area contributed by atoms with Gasteiger partial charge in [-0.05, 0) is 24.4 Å². The summed E-state index contributed by atoms with van der Waals surface area (Å²) in [7, 11) is 1.45. The van der Waals surface area contributed by atoms with E-state index in [1.165, 1.54) is 24.3 Å². The maximum absolute atomic E-state index is 12.2. The number of anilines is 1. The number of methoxy groups -OCH3 is 1. The van der Waals surface area contributed by atoms with Gasteiger partial charge in [-0.3, -0.25) is 9.69 Å². The molecule has 0 bridgehead atoms. The Morgan fingerprint density at radius 1 is 1.22 bits per heavy atom. The molecule has 8 heteroatoms. The molecule has 0 aliphatic carbocycles. The van der Waals surface area contributed by atoms with Crippen LogP contribution in [0.1, 0.15) is 0 Å². The number of carbonyl (C=O) groups is 1. The summed E-state index contributed by atoms with van der Waals surface area (Å²) in [4.78, 5) is 25.2. The summed E-state index contributed by atoms with van der Waals surface area (Å²) in [6, 6.07) is 4.58. The molecule has 3 heterocycles. The second kappa shape index (κ2) is 4.82. The van der Waals surface area contributed by atoms with Crippen molar-refractivity contribution in [3.63, 3.8) is 0 Å². The average molecular weight is 330 g/mol. The first kappa shape index (κ1) is 13.8. The Morgan fingerprint density at radius 3 is 2.70 bits per heavy atom. The highest BCUT2D eigenvalue weighted by atomic mass is 32.1. The summed E-state index contributed by atoms with van der Waals surface area (Å²) in [6.07, 6.45) is 1.48. The number of amides is 1. The lowest BCUT2D eigenvalue weighted by Crippen LogP contribution is -2.30. The van der Waals surface area contributed by atoms with E-state index in [9.17, 15) is 9.59 Å². The number of fused-ring (bicyclic) bond motifs is 2. The minimum atomic E-state index is -0.527. The summed E-state index contributed by atoms with van der Waals surface area (Å²) in [5.74, 6) is 0.0992. The number of hydrogen-bond acceptors (Lipinski definition) is 6. The zero-order chi connectivity index (χ0) is 16.1. The highest BCUT2D eigenvalue weighted by Crippen LogP contribution is 2.43. The number of nitrogens with zero attached hydrogens (tertiary/aromatic N) is 1. The third-order valence-electron chi connectivity index (χ3n) is 3.69. The smallest absolute Gasteiger partial charge is 0.336 e. The summed E-state index contributed by atoms with van der Waals surface area (Å²) >= 11 is 5.23. The number of nitrogens with one attached hydrogen (secondary N) is 1. The zero-order valence-corrected chi connectivity index (χ0v) is 12.7. The molecule has 0 unspecified atom stereocenters. The highest BCUT2D eigenvalue weighted by Gasteiger charge is 2.32. The van der Waals surface area contributed by atoms with Gasteiger partial charge in [-0.15, -0.1) is 0 Å². The van der Waals surface area contributed by atoms with E-state index in [1.54, 1.807) is 12.1 Å². The monoisotopic (exact) mass is 330 g/mol. The van der Waals surface area contributed by atoms with Crippen molar-refractivity contribution in [1.29, 1.82) is 0 Å². The second-order valence-corrected chi connectivity index (χ2v) is 5.32. The lowest BCUT2D eigenvalue weighted by molar-refractivity contribution is -0.115. The van der Waals surface area contributed by atoms with Gasteiger partial charge in [0.1, 0.15) is 0 Å². The number of carbonyl (C=O) groups excluding carboxylic acids is 1. The van der Waals surface area contributed by atoms with Crippen molar-refractivity contribution in [2.24, 2.45) is 0 Å². The van der Waals surface area contributed by atoms with Crippen LogP contribution in [0.2, 0.25) is 0 Å². The molecule has 0 spiro atoms. The number of thiocarbonyl (C=S) groups is 1. The Bertz CT molecular complexity index is 1020. The zero-order valence-electron chi connectivity index (χ0n) is 11.9. The van der Waals surface area contributed by atoms with Crippen LogP contribution in [0.3, 0.4) is 0 Å². The fourth-order valence-corrected chi connectivity index (χ4v) is 3.03. The number of ether oxygens (including phenoxy) is 1. The third-order valence-corrected chi connectivity index (χ3v) is 4.02. The predicted molar refractivity (Wildman–Crippen MR) is 86.9 cm³/mol. The molecule has 0 radical (unpaired) electrons. The van der Waals surface area contributed by atoms with Crippen molar-refractivity contribution in [2.75, 3.05) is 18.6 Å². The highest BCUT2D eigenvalue weighted by molar-refractivity contribution is 7.80. The maximum atomic E-state index is 12.2. The fraction of sp³-hybridized carbons (Fsp3) is 0.133. The standard InChI is InChI=1S/C15H10N2O5S/c1-20-14-12-8(4-5-21-12)11(17-9(18)6-16-15(17)23)7-2-3-10(19)22-13(7)14/h2-5H,6H2,1H3,(H,16,23). The molecule has 1 aliphatic rings. The molecule has 3 aromatic rings. The van der Waals surface area contributed by atoms with E-state index in [2.05, 4.69) is 5.32 Å². The summed E-state index contributed by atoms with van der Waals surface area (Å²) in [5, 5.41) is 4.30. The SMILES string of the molecule is COc1c2occc2c(N2C(=O)CNC2=S)c2ccc(=O)oc12. The maximum Gasteiger partial charge on any atom is 0.336 e. The van der Waals surface area contributed by atoms with Crippen LogP contribution in [0.25, 0.3) is 21.9 Å². The molecule has 2 aromatic heterocycles. The first-order chi connectivity index (χ1) is 11.1. The van der Waals surface area contributed by atoms with E-state index < -0.39 is 5.63 Å². The summed E-state index contributed by atoms with van der Waals surface area (Å²) < 4.78 is 16.1. The average Bonchev–Trinajstić information content (AvgIpc) is 3.13. The van der Waals surface area contributed by atoms with E-state index in [1.807, 2.05) is 0 Å². The Balaban J connectivity index is 2.21. The van der Waals surface area contributed by atoms with Crippen molar-refractivity contribution < 1.29 is 18.4 Å². The minimum Gasteiger partial charge on any atom is -0.490 e. The van der Waals surface area contributed by atoms with E-state index >= 15 is 0 Å². The second-order valence-electron chi connectivity index (χ2n) is 4.93. The van der Waals surface area contributed by atoms with Gasteiger partial charge in [-0.1, -0.05) is 0 Å². The Morgan fingerprint density at radius 2 is 2.00 bits per heavy atom. The summed E-state index contributed by atoms with van der Waals surface area (Å²) in [6.45, 7) is 0.114. The van der Waals surface area contributed by atoms with E-state index in [4.69, 9.17) is 25.8 Å². The van der Waals surface area contributed by atoms with Crippen LogP contribution in [-0.4, -0.2) is 24.7 Å². The molecule has 1 amide bonds. The van der Waals surface area contributed by atoms with Gasteiger partial charge < -0.3 is 18.9 Å². The van der Waals surface area contributed by atoms with E-state index in [0.717, 1.165) is 0 Å². The van der Waals surface area contributed by atoms with Crippen molar-refractivity contribution in [3.05, 3.63) is 34.9 Å². The Labute approximate surface area is 134 Å². The lowest BCUT2D eigenvalue weighted by Gasteiger charge is -2.18. The lowest BCUT2D eigenvalue weighted by atomic mass is 10.1. The molecule has 0 saturated carbocycles. The van der Waals surface area contributed by atoms with Crippen LogP contribution in [0.15, 0.2) is 38.1 Å². The van der Waals surface area contributed by atoms with Gasteiger partial charge in [0.25, 0.3) is 5.91 Å². The van der Waals surface area contributed by atoms with Crippen LogP contribution in [0, 0.1) is 0 Å². The molecule has 116 valence electrons. The fourth-order valence-electron chi connectivity index (χ4n) is 2.77. The predicted octanol–water partition coefficient (Wildman–Crippen LogP) is 1.77. The van der Waals surface area contributed by atoms with Crippen molar-refractivity contribution >= 4 is 50.9 Å². The van der Waals surface area contributed by atoms with Gasteiger partial charge in [0.2, 0.25) is 5.75 Å². The van der Waals surface area contributed by atoms with Gasteiger partial charge in [0.05, 0.1) is 25.6 Å². The largest absolute Gasteiger partial charge is 0.490 e. The summed E-state index contributed by atoms with van der Waals surface area (Å²) in [5.41, 5.74) is 0.571. The number of furan rings is 1. The van der Waals surface area contributed by atoms with Gasteiger partial charge >= 0.3 is 5.63 Å². The number of rotatable bonds is 2. The van der Waals surface area contributed by atoms with E-state index in [0.29, 0.717) is 27.8 Å². The van der Waals surface area contributed by atoms with E-state index in [-0.39, 0.29) is 23.1 Å².